The Morgan fingerprint density at radius 1 is 1.10 bits per heavy atom. The molecule has 0 saturated carbocycles. The standard InChI is InChI=1S/C15H13ClF3NO/c16-11-4-2-1-3-9(11)10(7-20)15(21)14-12(18)5-8(17)6-13(14)19/h1-6,10,15,21H,7,20H2. The number of nitrogens with two attached hydrogens (primary N) is 1. The van der Waals surface area contributed by atoms with Gasteiger partial charge in [0.15, 0.2) is 0 Å². The molecular weight excluding hydrogens is 303 g/mol. The van der Waals surface area contributed by atoms with Crippen LogP contribution in [0.2, 0.25) is 5.02 Å². The largest absolute Gasteiger partial charge is 0.388 e. The molecule has 0 radical (unpaired) electrons. The van der Waals surface area contributed by atoms with E-state index in [2.05, 4.69) is 0 Å². The van der Waals surface area contributed by atoms with E-state index in [9.17, 15) is 18.3 Å². The molecule has 3 N–H and O–H groups in total. The summed E-state index contributed by atoms with van der Waals surface area (Å²) in [6.07, 6.45) is -1.57. The van der Waals surface area contributed by atoms with Crippen molar-refractivity contribution >= 4 is 11.6 Å². The Morgan fingerprint density at radius 2 is 1.67 bits per heavy atom. The fourth-order valence-corrected chi connectivity index (χ4v) is 2.51. The lowest BCUT2D eigenvalue weighted by Crippen LogP contribution is -2.22. The summed E-state index contributed by atoms with van der Waals surface area (Å²) >= 11 is 6.02. The van der Waals surface area contributed by atoms with Crippen LogP contribution in [0.25, 0.3) is 0 Å². The highest BCUT2D eigenvalue weighted by Crippen LogP contribution is 2.36. The summed E-state index contributed by atoms with van der Waals surface area (Å²) in [5, 5.41) is 10.6. The molecule has 112 valence electrons. The third kappa shape index (κ3) is 3.20. The van der Waals surface area contributed by atoms with Crippen molar-refractivity contribution < 1.29 is 18.3 Å². The van der Waals surface area contributed by atoms with Gasteiger partial charge in [0, 0.05) is 29.6 Å². The third-order valence-electron chi connectivity index (χ3n) is 3.28. The quantitative estimate of drug-likeness (QED) is 0.906. The molecule has 0 aliphatic carbocycles. The van der Waals surface area contributed by atoms with Gasteiger partial charge in [-0.1, -0.05) is 29.8 Å². The molecular formula is C15H13ClF3NO. The van der Waals surface area contributed by atoms with E-state index in [0.717, 1.165) is 0 Å². The smallest absolute Gasteiger partial charge is 0.134 e. The van der Waals surface area contributed by atoms with Crippen molar-refractivity contribution in [1.29, 1.82) is 0 Å². The molecule has 0 fully saturated rings. The first-order valence-electron chi connectivity index (χ1n) is 6.22. The zero-order valence-electron chi connectivity index (χ0n) is 10.9. The van der Waals surface area contributed by atoms with Crippen molar-refractivity contribution in [2.75, 3.05) is 6.54 Å². The van der Waals surface area contributed by atoms with Crippen LogP contribution in [0.3, 0.4) is 0 Å². The number of hydrogen-bond donors (Lipinski definition) is 2. The molecule has 2 aromatic rings. The molecule has 0 heterocycles. The Kier molecular flexibility index (Phi) is 4.88. The van der Waals surface area contributed by atoms with Gasteiger partial charge in [-0.2, -0.15) is 0 Å². The second-order valence-electron chi connectivity index (χ2n) is 4.59. The highest BCUT2D eigenvalue weighted by molar-refractivity contribution is 6.31. The maximum absolute atomic E-state index is 13.8. The zero-order valence-corrected chi connectivity index (χ0v) is 11.6. The van der Waals surface area contributed by atoms with Gasteiger partial charge < -0.3 is 10.8 Å². The number of aliphatic hydroxyl groups excluding tert-OH is 1. The van der Waals surface area contributed by atoms with Crippen molar-refractivity contribution in [1.82, 2.24) is 0 Å². The lowest BCUT2D eigenvalue weighted by atomic mass is 9.88. The molecule has 0 spiro atoms. The van der Waals surface area contributed by atoms with Gasteiger partial charge >= 0.3 is 0 Å². The van der Waals surface area contributed by atoms with E-state index in [0.29, 0.717) is 22.7 Å². The maximum atomic E-state index is 13.8. The number of benzene rings is 2. The maximum Gasteiger partial charge on any atom is 0.134 e. The van der Waals surface area contributed by atoms with Crippen molar-refractivity contribution in [3.63, 3.8) is 0 Å². The molecule has 0 saturated heterocycles. The summed E-state index contributed by atoms with van der Waals surface area (Å²) < 4.78 is 40.5. The molecule has 2 nitrogen and oxygen atoms in total. The normalized spacial score (nSPS) is 14.0. The Labute approximate surface area is 125 Å². The van der Waals surface area contributed by atoms with Gasteiger partial charge in [0.2, 0.25) is 0 Å². The van der Waals surface area contributed by atoms with Gasteiger partial charge in [0.1, 0.15) is 17.5 Å². The van der Waals surface area contributed by atoms with Gasteiger partial charge in [0.05, 0.1) is 11.7 Å². The van der Waals surface area contributed by atoms with Crippen LogP contribution < -0.4 is 5.73 Å². The average Bonchev–Trinajstić information content (AvgIpc) is 2.40. The highest BCUT2D eigenvalue weighted by Gasteiger charge is 2.28. The summed E-state index contributed by atoms with van der Waals surface area (Å²) in [5.41, 5.74) is 5.46. The molecule has 0 amide bonds. The number of hydrogen-bond acceptors (Lipinski definition) is 2. The predicted molar refractivity (Wildman–Crippen MR) is 74.5 cm³/mol. The topological polar surface area (TPSA) is 46.2 Å². The van der Waals surface area contributed by atoms with Crippen LogP contribution in [0, 0.1) is 17.5 Å². The van der Waals surface area contributed by atoms with Crippen LogP contribution in [0.1, 0.15) is 23.1 Å². The molecule has 0 aromatic heterocycles. The van der Waals surface area contributed by atoms with E-state index < -0.39 is 35.0 Å². The SMILES string of the molecule is NCC(c1ccccc1Cl)C(O)c1c(F)cc(F)cc1F. The summed E-state index contributed by atoms with van der Waals surface area (Å²) in [5.74, 6) is -4.19. The van der Waals surface area contributed by atoms with Crippen LogP contribution in [-0.4, -0.2) is 11.7 Å². The third-order valence-corrected chi connectivity index (χ3v) is 3.62. The summed E-state index contributed by atoms with van der Waals surface area (Å²) in [6.45, 7) is -0.0822. The lowest BCUT2D eigenvalue weighted by molar-refractivity contribution is 0.138. The molecule has 2 unspecified atom stereocenters. The number of aliphatic hydroxyl groups is 1. The Bertz CT molecular complexity index is 628. The van der Waals surface area contributed by atoms with E-state index >= 15 is 0 Å². The molecule has 0 aliphatic rings. The Morgan fingerprint density at radius 3 is 2.19 bits per heavy atom. The average molecular weight is 316 g/mol. The first-order valence-corrected chi connectivity index (χ1v) is 6.60. The van der Waals surface area contributed by atoms with E-state index in [4.69, 9.17) is 17.3 Å². The Hall–Kier alpha value is -1.56. The monoisotopic (exact) mass is 315 g/mol. The second-order valence-corrected chi connectivity index (χ2v) is 5.00. The first-order chi connectivity index (χ1) is 9.95. The van der Waals surface area contributed by atoms with E-state index in [-0.39, 0.29) is 6.54 Å². The van der Waals surface area contributed by atoms with Crippen molar-refractivity contribution in [3.05, 3.63) is 70.0 Å². The second kappa shape index (κ2) is 6.47. The summed E-state index contributed by atoms with van der Waals surface area (Å²) in [6, 6.07) is 7.59. The Balaban J connectivity index is 2.47. The van der Waals surface area contributed by atoms with E-state index in [1.807, 2.05) is 0 Å². The minimum Gasteiger partial charge on any atom is -0.388 e. The predicted octanol–water partition coefficient (Wildman–Crippen LogP) is 3.53. The lowest BCUT2D eigenvalue weighted by Gasteiger charge is -2.24. The molecule has 0 bridgehead atoms. The van der Waals surface area contributed by atoms with E-state index in [1.54, 1.807) is 24.3 Å². The van der Waals surface area contributed by atoms with Crippen molar-refractivity contribution in [2.45, 2.75) is 12.0 Å². The highest BCUT2D eigenvalue weighted by atomic mass is 35.5. The van der Waals surface area contributed by atoms with Crippen LogP contribution in [0.4, 0.5) is 13.2 Å². The van der Waals surface area contributed by atoms with Gasteiger partial charge in [-0.05, 0) is 11.6 Å². The molecule has 2 aromatic carbocycles. The van der Waals surface area contributed by atoms with Crippen LogP contribution in [-0.2, 0) is 0 Å². The van der Waals surface area contributed by atoms with Crippen molar-refractivity contribution in [2.24, 2.45) is 5.73 Å². The summed E-state index contributed by atoms with van der Waals surface area (Å²) in [7, 11) is 0. The van der Waals surface area contributed by atoms with Crippen LogP contribution >= 0.6 is 11.6 Å². The molecule has 2 atom stereocenters. The van der Waals surface area contributed by atoms with E-state index in [1.165, 1.54) is 0 Å². The number of halogens is 4. The van der Waals surface area contributed by atoms with Gasteiger partial charge in [-0.15, -0.1) is 0 Å². The molecule has 2 rings (SSSR count). The minimum absolute atomic E-state index is 0.0822. The summed E-state index contributed by atoms with van der Waals surface area (Å²) in [4.78, 5) is 0. The minimum atomic E-state index is -1.57. The first kappa shape index (κ1) is 15.8. The zero-order chi connectivity index (χ0) is 15.6. The van der Waals surface area contributed by atoms with Gasteiger partial charge in [0.25, 0.3) is 0 Å². The molecule has 21 heavy (non-hydrogen) atoms. The van der Waals surface area contributed by atoms with Gasteiger partial charge in [-0.25, -0.2) is 13.2 Å². The van der Waals surface area contributed by atoms with Crippen LogP contribution in [0.5, 0.6) is 0 Å². The number of rotatable bonds is 4. The molecule has 0 aliphatic heterocycles. The fraction of sp³-hybridized carbons (Fsp3) is 0.200. The van der Waals surface area contributed by atoms with Crippen LogP contribution in [0.15, 0.2) is 36.4 Å². The molecule has 6 heteroatoms. The van der Waals surface area contributed by atoms with Crippen molar-refractivity contribution in [3.8, 4) is 0 Å². The fourth-order valence-electron chi connectivity index (χ4n) is 2.24. The van der Waals surface area contributed by atoms with Gasteiger partial charge in [-0.3, -0.25) is 0 Å².